The van der Waals surface area contributed by atoms with E-state index in [0.29, 0.717) is 25.2 Å². The predicted molar refractivity (Wildman–Crippen MR) is 90.1 cm³/mol. The Morgan fingerprint density at radius 3 is 2.79 bits per heavy atom. The van der Waals surface area contributed by atoms with E-state index in [4.69, 9.17) is 4.74 Å². The number of carbonyl (C=O) groups is 1. The van der Waals surface area contributed by atoms with Crippen LogP contribution in [0.5, 0.6) is 0 Å². The van der Waals surface area contributed by atoms with Crippen LogP contribution in [0.4, 0.5) is 16.3 Å². The molecule has 0 bridgehead atoms. The van der Waals surface area contributed by atoms with Gasteiger partial charge in [-0.05, 0) is 46.6 Å². The minimum absolute atomic E-state index is 0.00269. The standard InChI is InChI=1S/C16H24N4O4/c1-11-10-12(18-15(21)24-16(2,3)4)7-9-19(11)14-13(20(22)23)6-5-8-17-14/h5-6,8,11-12H,7,9-10H2,1-4H3,(H,18,21). The number of anilines is 1. The second-order valence-corrected chi connectivity index (χ2v) is 7.01. The molecule has 8 nitrogen and oxygen atoms in total. The Labute approximate surface area is 141 Å². The van der Waals surface area contributed by atoms with Crippen LogP contribution in [-0.2, 0) is 4.74 Å². The average molecular weight is 336 g/mol. The lowest BCUT2D eigenvalue weighted by atomic mass is 9.98. The van der Waals surface area contributed by atoms with E-state index in [0.717, 1.165) is 0 Å². The van der Waals surface area contributed by atoms with E-state index in [1.807, 2.05) is 32.6 Å². The molecule has 2 atom stereocenters. The maximum absolute atomic E-state index is 11.9. The monoisotopic (exact) mass is 336 g/mol. The summed E-state index contributed by atoms with van der Waals surface area (Å²) in [6.07, 6.45) is 2.47. The summed E-state index contributed by atoms with van der Waals surface area (Å²) in [5, 5.41) is 14.1. The third-order valence-corrected chi connectivity index (χ3v) is 3.83. The fraction of sp³-hybridized carbons (Fsp3) is 0.625. The van der Waals surface area contributed by atoms with Crippen LogP contribution in [-0.4, -0.2) is 40.2 Å². The summed E-state index contributed by atoms with van der Waals surface area (Å²) in [6.45, 7) is 8.01. The number of carbonyl (C=O) groups excluding carboxylic acids is 1. The van der Waals surface area contributed by atoms with Crippen LogP contribution >= 0.6 is 0 Å². The zero-order valence-corrected chi connectivity index (χ0v) is 14.5. The van der Waals surface area contributed by atoms with Crippen molar-refractivity contribution in [3.05, 3.63) is 28.4 Å². The van der Waals surface area contributed by atoms with Gasteiger partial charge in [0.2, 0.25) is 5.82 Å². The van der Waals surface area contributed by atoms with Crippen LogP contribution in [0.2, 0.25) is 0 Å². The van der Waals surface area contributed by atoms with Crippen molar-refractivity contribution in [3.63, 3.8) is 0 Å². The molecule has 1 aliphatic heterocycles. The number of rotatable bonds is 3. The molecule has 0 radical (unpaired) electrons. The Bertz CT molecular complexity index is 614. The molecule has 0 aromatic carbocycles. The molecular weight excluding hydrogens is 312 g/mol. The zero-order chi connectivity index (χ0) is 17.9. The van der Waals surface area contributed by atoms with Gasteiger partial charge in [0.25, 0.3) is 0 Å². The fourth-order valence-electron chi connectivity index (χ4n) is 2.84. The predicted octanol–water partition coefficient (Wildman–Crippen LogP) is 2.87. The van der Waals surface area contributed by atoms with Gasteiger partial charge < -0.3 is 15.0 Å². The van der Waals surface area contributed by atoms with Gasteiger partial charge in [-0.2, -0.15) is 0 Å². The third-order valence-electron chi connectivity index (χ3n) is 3.83. The van der Waals surface area contributed by atoms with Crippen LogP contribution in [0, 0.1) is 10.1 Å². The van der Waals surface area contributed by atoms with Crippen LogP contribution < -0.4 is 10.2 Å². The van der Waals surface area contributed by atoms with E-state index in [-0.39, 0.29) is 17.8 Å². The molecule has 24 heavy (non-hydrogen) atoms. The van der Waals surface area contributed by atoms with Gasteiger partial charge in [-0.3, -0.25) is 10.1 Å². The van der Waals surface area contributed by atoms with Crippen molar-refractivity contribution in [2.45, 2.75) is 58.2 Å². The number of alkyl carbamates (subject to hydrolysis) is 1. The van der Waals surface area contributed by atoms with E-state index in [1.54, 1.807) is 12.3 Å². The number of hydrogen-bond acceptors (Lipinski definition) is 6. The molecule has 2 unspecified atom stereocenters. The number of nitro groups is 1. The minimum Gasteiger partial charge on any atom is -0.444 e. The van der Waals surface area contributed by atoms with Crippen LogP contribution in [0.3, 0.4) is 0 Å². The largest absolute Gasteiger partial charge is 0.444 e. The highest BCUT2D eigenvalue weighted by atomic mass is 16.6. The Balaban J connectivity index is 2.01. The molecule has 1 fully saturated rings. The number of aromatic nitrogens is 1. The molecule has 132 valence electrons. The van der Waals surface area contributed by atoms with E-state index < -0.39 is 16.6 Å². The Kier molecular flexibility index (Phi) is 5.26. The first-order valence-corrected chi connectivity index (χ1v) is 8.03. The number of ether oxygens (including phenoxy) is 1. The highest BCUT2D eigenvalue weighted by Gasteiger charge is 2.31. The third kappa shape index (κ3) is 4.56. The molecule has 1 N–H and O–H groups in total. The van der Waals surface area contributed by atoms with Gasteiger partial charge in [0.15, 0.2) is 0 Å². The van der Waals surface area contributed by atoms with Crippen molar-refractivity contribution in [3.8, 4) is 0 Å². The van der Waals surface area contributed by atoms with Crippen molar-refractivity contribution < 1.29 is 14.5 Å². The first-order chi connectivity index (χ1) is 11.2. The number of pyridine rings is 1. The molecule has 0 saturated carbocycles. The van der Waals surface area contributed by atoms with Crippen molar-refractivity contribution in [1.82, 2.24) is 10.3 Å². The number of hydrogen-bond donors (Lipinski definition) is 1. The smallest absolute Gasteiger partial charge is 0.407 e. The Hall–Kier alpha value is -2.38. The summed E-state index contributed by atoms with van der Waals surface area (Å²) < 4.78 is 5.27. The number of nitrogens with one attached hydrogen (secondary N) is 1. The Morgan fingerprint density at radius 1 is 1.50 bits per heavy atom. The van der Waals surface area contributed by atoms with Gasteiger partial charge >= 0.3 is 11.8 Å². The van der Waals surface area contributed by atoms with E-state index >= 15 is 0 Å². The number of amides is 1. The molecule has 1 aromatic rings. The molecule has 1 saturated heterocycles. The second-order valence-electron chi connectivity index (χ2n) is 7.01. The first kappa shape index (κ1) is 18.0. The van der Waals surface area contributed by atoms with Crippen molar-refractivity contribution in [2.75, 3.05) is 11.4 Å². The van der Waals surface area contributed by atoms with Crippen LogP contribution in [0.25, 0.3) is 0 Å². The van der Waals surface area contributed by atoms with Gasteiger partial charge in [-0.1, -0.05) is 0 Å². The van der Waals surface area contributed by atoms with Crippen molar-refractivity contribution in [1.29, 1.82) is 0 Å². The first-order valence-electron chi connectivity index (χ1n) is 8.03. The molecule has 1 amide bonds. The molecule has 0 spiro atoms. The van der Waals surface area contributed by atoms with Gasteiger partial charge in [0.05, 0.1) is 4.92 Å². The molecule has 1 aliphatic rings. The minimum atomic E-state index is -0.537. The van der Waals surface area contributed by atoms with Gasteiger partial charge in [0, 0.05) is 30.9 Å². The summed E-state index contributed by atoms with van der Waals surface area (Å²) in [6, 6.07) is 3.02. The quantitative estimate of drug-likeness (QED) is 0.673. The number of nitrogens with zero attached hydrogens (tertiary/aromatic N) is 3. The second kappa shape index (κ2) is 7.02. The molecular formula is C16H24N4O4. The van der Waals surface area contributed by atoms with E-state index in [1.165, 1.54) is 6.07 Å². The molecule has 1 aromatic heterocycles. The molecule has 2 heterocycles. The SMILES string of the molecule is CC1CC(NC(=O)OC(C)(C)C)CCN1c1ncccc1[N+](=O)[O-]. The highest BCUT2D eigenvalue weighted by Crippen LogP contribution is 2.30. The lowest BCUT2D eigenvalue weighted by Crippen LogP contribution is -2.50. The topological polar surface area (TPSA) is 97.6 Å². The molecule has 0 aliphatic carbocycles. The van der Waals surface area contributed by atoms with E-state index in [9.17, 15) is 14.9 Å². The maximum atomic E-state index is 11.9. The summed E-state index contributed by atoms with van der Waals surface area (Å²) in [5.74, 6) is 0.380. The lowest BCUT2D eigenvalue weighted by molar-refractivity contribution is -0.384. The van der Waals surface area contributed by atoms with Gasteiger partial charge in [-0.15, -0.1) is 0 Å². The highest BCUT2D eigenvalue weighted by molar-refractivity contribution is 5.68. The summed E-state index contributed by atoms with van der Waals surface area (Å²) in [5.41, 5.74) is -0.534. The summed E-state index contributed by atoms with van der Waals surface area (Å²) >= 11 is 0. The zero-order valence-electron chi connectivity index (χ0n) is 14.5. The van der Waals surface area contributed by atoms with Crippen LogP contribution in [0.15, 0.2) is 18.3 Å². The molecule has 8 heteroatoms. The fourth-order valence-corrected chi connectivity index (χ4v) is 2.84. The lowest BCUT2D eigenvalue weighted by Gasteiger charge is -2.38. The van der Waals surface area contributed by atoms with Gasteiger partial charge in [0.1, 0.15) is 5.60 Å². The normalized spacial score (nSPS) is 21.2. The summed E-state index contributed by atoms with van der Waals surface area (Å²) in [7, 11) is 0. The van der Waals surface area contributed by atoms with Gasteiger partial charge in [-0.25, -0.2) is 9.78 Å². The Morgan fingerprint density at radius 2 is 2.21 bits per heavy atom. The van der Waals surface area contributed by atoms with Crippen LogP contribution in [0.1, 0.15) is 40.5 Å². The van der Waals surface area contributed by atoms with Crippen molar-refractivity contribution >= 4 is 17.6 Å². The summed E-state index contributed by atoms with van der Waals surface area (Å²) in [4.78, 5) is 28.7. The number of piperidine rings is 1. The maximum Gasteiger partial charge on any atom is 0.407 e. The van der Waals surface area contributed by atoms with E-state index in [2.05, 4.69) is 10.3 Å². The average Bonchev–Trinajstić information content (AvgIpc) is 2.45. The molecule has 2 rings (SSSR count). The van der Waals surface area contributed by atoms with Crippen molar-refractivity contribution in [2.24, 2.45) is 0 Å².